The van der Waals surface area contributed by atoms with Gasteiger partial charge in [0, 0.05) is 6.54 Å². The van der Waals surface area contributed by atoms with Gasteiger partial charge in [-0.05, 0) is 36.8 Å². The highest BCUT2D eigenvalue weighted by atomic mass is 16.3. The van der Waals surface area contributed by atoms with Gasteiger partial charge in [-0.1, -0.05) is 24.3 Å². The Hall–Kier alpha value is -0.860. The first-order valence-electron chi connectivity index (χ1n) is 5.16. The van der Waals surface area contributed by atoms with Crippen molar-refractivity contribution in [2.24, 2.45) is 5.73 Å². The fourth-order valence-electron chi connectivity index (χ4n) is 1.66. The van der Waals surface area contributed by atoms with E-state index in [1.54, 1.807) is 6.92 Å². The van der Waals surface area contributed by atoms with Crippen molar-refractivity contribution in [1.29, 1.82) is 0 Å². The third kappa shape index (κ3) is 1.81. The van der Waals surface area contributed by atoms with E-state index >= 15 is 0 Å². The molecule has 0 saturated heterocycles. The summed E-state index contributed by atoms with van der Waals surface area (Å²) in [4.78, 5) is 0. The highest BCUT2D eigenvalue weighted by molar-refractivity contribution is 5.32. The summed E-state index contributed by atoms with van der Waals surface area (Å²) < 4.78 is 0. The van der Waals surface area contributed by atoms with Crippen LogP contribution in [-0.4, -0.2) is 11.7 Å². The van der Waals surface area contributed by atoms with Gasteiger partial charge in [0.05, 0.1) is 5.60 Å². The van der Waals surface area contributed by atoms with Gasteiger partial charge in [-0.25, -0.2) is 0 Å². The van der Waals surface area contributed by atoms with Gasteiger partial charge in [0.2, 0.25) is 0 Å². The van der Waals surface area contributed by atoms with Gasteiger partial charge < -0.3 is 10.8 Å². The van der Waals surface area contributed by atoms with Crippen molar-refractivity contribution in [3.8, 4) is 0 Å². The van der Waals surface area contributed by atoms with Gasteiger partial charge in [0.15, 0.2) is 0 Å². The molecule has 1 atom stereocenters. The molecule has 14 heavy (non-hydrogen) atoms. The summed E-state index contributed by atoms with van der Waals surface area (Å²) in [5.41, 5.74) is 6.92. The Balaban J connectivity index is 2.29. The lowest BCUT2D eigenvalue weighted by Gasteiger charge is -2.22. The SMILES string of the molecule is CC(O)(CN)c1cccc(C2CC2)c1. The van der Waals surface area contributed by atoms with Gasteiger partial charge in [0.1, 0.15) is 0 Å². The lowest BCUT2D eigenvalue weighted by Crippen LogP contribution is -2.31. The van der Waals surface area contributed by atoms with Crippen LogP contribution in [0.2, 0.25) is 0 Å². The van der Waals surface area contributed by atoms with Gasteiger partial charge in [0.25, 0.3) is 0 Å². The minimum atomic E-state index is -0.884. The predicted molar refractivity (Wildman–Crippen MR) is 57.0 cm³/mol. The molecule has 0 heterocycles. The molecule has 2 heteroatoms. The fraction of sp³-hybridized carbons (Fsp3) is 0.500. The molecule has 0 aliphatic heterocycles. The van der Waals surface area contributed by atoms with Crippen molar-refractivity contribution in [2.75, 3.05) is 6.54 Å². The molecule has 1 aliphatic carbocycles. The normalized spacial score (nSPS) is 20.5. The van der Waals surface area contributed by atoms with E-state index in [4.69, 9.17) is 5.73 Å². The van der Waals surface area contributed by atoms with E-state index in [2.05, 4.69) is 12.1 Å². The van der Waals surface area contributed by atoms with E-state index in [0.29, 0.717) is 0 Å². The van der Waals surface area contributed by atoms with Crippen LogP contribution in [0.5, 0.6) is 0 Å². The molecule has 0 bridgehead atoms. The van der Waals surface area contributed by atoms with Crippen molar-refractivity contribution in [2.45, 2.75) is 31.3 Å². The number of benzene rings is 1. The van der Waals surface area contributed by atoms with Crippen molar-refractivity contribution in [3.05, 3.63) is 35.4 Å². The molecule has 1 unspecified atom stereocenters. The lowest BCUT2D eigenvalue weighted by molar-refractivity contribution is 0.0667. The molecule has 76 valence electrons. The zero-order chi connectivity index (χ0) is 10.2. The minimum absolute atomic E-state index is 0.265. The average Bonchev–Trinajstić information content (AvgIpc) is 3.01. The van der Waals surface area contributed by atoms with Crippen LogP contribution in [-0.2, 0) is 5.60 Å². The smallest absolute Gasteiger partial charge is 0.0990 e. The molecule has 2 nitrogen and oxygen atoms in total. The van der Waals surface area contributed by atoms with Gasteiger partial charge in [-0.3, -0.25) is 0 Å². The molecular formula is C12H17NO. The third-order valence-electron chi connectivity index (χ3n) is 2.95. The monoisotopic (exact) mass is 191 g/mol. The highest BCUT2D eigenvalue weighted by Crippen LogP contribution is 2.40. The standard InChI is InChI=1S/C12H17NO/c1-12(14,8-13)11-4-2-3-10(7-11)9-5-6-9/h2-4,7,9,14H,5-6,8,13H2,1H3. The molecule has 3 N–H and O–H groups in total. The van der Waals surface area contributed by atoms with E-state index in [-0.39, 0.29) is 6.54 Å². The second-order valence-corrected chi connectivity index (χ2v) is 4.38. The van der Waals surface area contributed by atoms with Crippen molar-refractivity contribution in [3.63, 3.8) is 0 Å². The number of hydrogen-bond acceptors (Lipinski definition) is 2. The lowest BCUT2D eigenvalue weighted by atomic mass is 9.94. The summed E-state index contributed by atoms with van der Waals surface area (Å²) in [6.07, 6.45) is 2.57. The van der Waals surface area contributed by atoms with E-state index in [1.807, 2.05) is 12.1 Å². The molecule has 0 aromatic heterocycles. The number of nitrogens with two attached hydrogens (primary N) is 1. The largest absolute Gasteiger partial charge is 0.384 e. The third-order valence-corrected chi connectivity index (χ3v) is 2.95. The van der Waals surface area contributed by atoms with E-state index in [1.165, 1.54) is 18.4 Å². The molecule has 1 aliphatic rings. The summed E-state index contributed by atoms with van der Waals surface area (Å²) in [6.45, 7) is 2.03. The second-order valence-electron chi connectivity index (χ2n) is 4.38. The van der Waals surface area contributed by atoms with Crippen LogP contribution >= 0.6 is 0 Å². The van der Waals surface area contributed by atoms with Crippen LogP contribution < -0.4 is 5.73 Å². The Morgan fingerprint density at radius 2 is 2.21 bits per heavy atom. The summed E-state index contributed by atoms with van der Waals surface area (Å²) in [5.74, 6) is 0.725. The number of rotatable bonds is 3. The molecule has 1 fully saturated rings. The van der Waals surface area contributed by atoms with E-state index < -0.39 is 5.60 Å². The van der Waals surface area contributed by atoms with Crippen LogP contribution in [0.15, 0.2) is 24.3 Å². The predicted octanol–water partition coefficient (Wildman–Crippen LogP) is 1.73. The Bertz CT molecular complexity index is 329. The second kappa shape index (κ2) is 3.37. The van der Waals surface area contributed by atoms with Crippen molar-refractivity contribution in [1.82, 2.24) is 0 Å². The molecule has 0 radical (unpaired) electrons. The summed E-state index contributed by atoms with van der Waals surface area (Å²) in [5, 5.41) is 10.00. The summed E-state index contributed by atoms with van der Waals surface area (Å²) in [7, 11) is 0. The van der Waals surface area contributed by atoms with Crippen molar-refractivity contribution >= 4 is 0 Å². The minimum Gasteiger partial charge on any atom is -0.384 e. The van der Waals surface area contributed by atoms with Gasteiger partial charge in [-0.15, -0.1) is 0 Å². The quantitative estimate of drug-likeness (QED) is 0.764. The molecule has 1 aromatic carbocycles. The Labute approximate surface area is 84.7 Å². The number of hydrogen-bond donors (Lipinski definition) is 2. The molecular weight excluding hydrogens is 174 g/mol. The summed E-state index contributed by atoms with van der Waals surface area (Å²) >= 11 is 0. The highest BCUT2D eigenvalue weighted by Gasteiger charge is 2.26. The molecule has 1 saturated carbocycles. The Morgan fingerprint density at radius 3 is 2.79 bits per heavy atom. The van der Waals surface area contributed by atoms with Gasteiger partial charge >= 0.3 is 0 Å². The first-order chi connectivity index (χ1) is 6.63. The number of aliphatic hydroxyl groups is 1. The maximum absolute atomic E-state index is 10.00. The van der Waals surface area contributed by atoms with Crippen molar-refractivity contribution < 1.29 is 5.11 Å². The van der Waals surface area contributed by atoms with Gasteiger partial charge in [-0.2, -0.15) is 0 Å². The zero-order valence-corrected chi connectivity index (χ0v) is 8.53. The summed E-state index contributed by atoms with van der Waals surface area (Å²) in [6, 6.07) is 8.17. The van der Waals surface area contributed by atoms with E-state index in [9.17, 15) is 5.11 Å². The van der Waals surface area contributed by atoms with Crippen LogP contribution in [0.4, 0.5) is 0 Å². The Kier molecular flexibility index (Phi) is 2.33. The first-order valence-corrected chi connectivity index (χ1v) is 5.16. The van der Waals surface area contributed by atoms with Crippen LogP contribution in [0.3, 0.4) is 0 Å². The van der Waals surface area contributed by atoms with E-state index in [0.717, 1.165) is 11.5 Å². The maximum Gasteiger partial charge on any atom is 0.0990 e. The zero-order valence-electron chi connectivity index (χ0n) is 8.53. The first kappa shape index (κ1) is 9.69. The average molecular weight is 191 g/mol. The molecule has 0 amide bonds. The molecule has 2 rings (SSSR count). The van der Waals surface area contributed by atoms with Crippen LogP contribution in [0, 0.1) is 0 Å². The van der Waals surface area contributed by atoms with Crippen LogP contribution in [0.1, 0.15) is 36.8 Å². The molecule has 0 spiro atoms. The van der Waals surface area contributed by atoms with Crippen LogP contribution in [0.25, 0.3) is 0 Å². The molecule has 1 aromatic rings. The maximum atomic E-state index is 10.00. The fourth-order valence-corrected chi connectivity index (χ4v) is 1.66. The topological polar surface area (TPSA) is 46.2 Å². The Morgan fingerprint density at radius 1 is 1.50 bits per heavy atom.